The maximum Gasteiger partial charge on any atom is 0.333 e. The number of carbonyl (C=O) groups is 3. The molecule has 0 bridgehead atoms. The fraction of sp³-hybridized carbons (Fsp3) is 0.179. The second-order valence-corrected chi connectivity index (χ2v) is 8.15. The normalized spacial score (nSPS) is 13.9. The number of ether oxygens (including phenoxy) is 1. The lowest BCUT2D eigenvalue weighted by atomic mass is 10.0. The number of hydrogen-bond acceptors (Lipinski definition) is 5. The second kappa shape index (κ2) is 10.7. The highest BCUT2D eigenvalue weighted by molar-refractivity contribution is 6.31. The topological polar surface area (TPSA) is 87.2 Å². The molecule has 3 aromatic rings. The molecule has 35 heavy (non-hydrogen) atoms. The summed E-state index contributed by atoms with van der Waals surface area (Å²) in [5.74, 6) is -1.000. The molecule has 0 radical (unpaired) electrons. The van der Waals surface area contributed by atoms with Gasteiger partial charge in [-0.3, -0.25) is 19.4 Å². The summed E-state index contributed by atoms with van der Waals surface area (Å²) in [6.45, 7) is 0.279. The van der Waals surface area contributed by atoms with Crippen LogP contribution in [0.2, 0.25) is 0 Å². The number of benzene rings is 3. The largest absolute Gasteiger partial charge is 0.508 e. The fourth-order valence-electron chi connectivity index (χ4n) is 3.97. The minimum absolute atomic E-state index is 0.00514. The molecule has 0 saturated carbocycles. The molecular formula is C28H26N2O5. The number of phenols is 1. The molecule has 4 amide bonds. The van der Waals surface area contributed by atoms with E-state index in [0.29, 0.717) is 24.2 Å². The molecule has 1 saturated heterocycles. The van der Waals surface area contributed by atoms with E-state index in [2.05, 4.69) is 0 Å². The van der Waals surface area contributed by atoms with Crippen molar-refractivity contribution in [1.29, 1.82) is 0 Å². The number of methoxy groups -OCH3 is 1. The fourth-order valence-corrected chi connectivity index (χ4v) is 3.97. The average molecular weight is 471 g/mol. The summed E-state index contributed by atoms with van der Waals surface area (Å²) in [7, 11) is 1.43. The number of barbiturate groups is 1. The smallest absolute Gasteiger partial charge is 0.333 e. The van der Waals surface area contributed by atoms with Crippen molar-refractivity contribution in [2.24, 2.45) is 0 Å². The molecule has 4 rings (SSSR count). The second-order valence-electron chi connectivity index (χ2n) is 8.15. The van der Waals surface area contributed by atoms with Crippen LogP contribution in [0.15, 0.2) is 84.4 Å². The van der Waals surface area contributed by atoms with E-state index in [9.17, 15) is 19.5 Å². The van der Waals surface area contributed by atoms with E-state index in [1.165, 1.54) is 25.3 Å². The van der Waals surface area contributed by atoms with Gasteiger partial charge >= 0.3 is 6.03 Å². The first-order valence-corrected chi connectivity index (χ1v) is 11.3. The maximum absolute atomic E-state index is 13.4. The van der Waals surface area contributed by atoms with Crippen LogP contribution in [0, 0.1) is 0 Å². The summed E-state index contributed by atoms with van der Waals surface area (Å²) in [6.07, 6.45) is 2.35. The van der Waals surface area contributed by atoms with Gasteiger partial charge in [-0.05, 0) is 42.2 Å². The Balaban J connectivity index is 1.66. The third kappa shape index (κ3) is 5.41. The number of rotatable bonds is 8. The third-order valence-electron chi connectivity index (χ3n) is 5.86. The van der Waals surface area contributed by atoms with Gasteiger partial charge in [-0.1, -0.05) is 60.7 Å². The van der Waals surface area contributed by atoms with Crippen LogP contribution in [0.3, 0.4) is 0 Å². The SMILES string of the molecule is COc1cc(O)ccc1C=C1C(=O)N(CCc2ccccc2)C(=O)N(CCc2ccccc2)C1=O. The van der Waals surface area contributed by atoms with Gasteiger partial charge in [0.25, 0.3) is 11.8 Å². The highest BCUT2D eigenvalue weighted by Crippen LogP contribution is 2.28. The number of carbonyl (C=O) groups excluding carboxylic acids is 3. The van der Waals surface area contributed by atoms with Crippen LogP contribution in [-0.2, 0) is 22.4 Å². The standard InChI is InChI=1S/C28H26N2O5/c1-35-25-19-23(31)13-12-22(25)18-24-26(32)29(16-14-20-8-4-2-5-9-20)28(34)30(27(24)33)17-15-21-10-6-3-7-11-21/h2-13,18-19,31H,14-17H2,1H3. The lowest BCUT2D eigenvalue weighted by molar-refractivity contribution is -0.135. The van der Waals surface area contributed by atoms with Gasteiger partial charge in [-0.25, -0.2) is 4.79 Å². The Morgan fingerprint density at radius 2 is 1.29 bits per heavy atom. The molecule has 0 atom stereocenters. The lowest BCUT2D eigenvalue weighted by Crippen LogP contribution is -2.57. The van der Waals surface area contributed by atoms with Gasteiger partial charge in [0.1, 0.15) is 17.1 Å². The Morgan fingerprint density at radius 1 is 0.771 bits per heavy atom. The van der Waals surface area contributed by atoms with Gasteiger partial charge in [-0.15, -0.1) is 0 Å². The van der Waals surface area contributed by atoms with Gasteiger partial charge in [0.15, 0.2) is 0 Å². The van der Waals surface area contributed by atoms with Gasteiger partial charge in [-0.2, -0.15) is 0 Å². The quantitative estimate of drug-likeness (QED) is 0.396. The van der Waals surface area contributed by atoms with Gasteiger partial charge in [0.2, 0.25) is 0 Å². The molecule has 1 aliphatic heterocycles. The van der Waals surface area contributed by atoms with Gasteiger partial charge < -0.3 is 9.84 Å². The number of hydrogen-bond donors (Lipinski definition) is 1. The Bertz CT molecular complexity index is 1190. The van der Waals surface area contributed by atoms with Crippen molar-refractivity contribution < 1.29 is 24.2 Å². The molecular weight excluding hydrogens is 444 g/mol. The number of imide groups is 2. The average Bonchev–Trinajstić information content (AvgIpc) is 2.88. The predicted molar refractivity (Wildman–Crippen MR) is 132 cm³/mol. The first-order chi connectivity index (χ1) is 17.0. The zero-order valence-corrected chi connectivity index (χ0v) is 19.4. The summed E-state index contributed by atoms with van der Waals surface area (Å²) in [6, 6.07) is 22.9. The summed E-state index contributed by atoms with van der Waals surface area (Å²) >= 11 is 0. The number of phenolic OH excluding ortho intramolecular Hbond substituents is 1. The number of nitrogens with zero attached hydrogens (tertiary/aromatic N) is 2. The minimum Gasteiger partial charge on any atom is -0.508 e. The van der Waals surface area contributed by atoms with Crippen molar-refractivity contribution in [2.45, 2.75) is 12.8 Å². The van der Waals surface area contributed by atoms with Crippen molar-refractivity contribution in [1.82, 2.24) is 9.80 Å². The van der Waals surface area contributed by atoms with Crippen molar-refractivity contribution in [3.8, 4) is 11.5 Å². The zero-order chi connectivity index (χ0) is 24.8. The predicted octanol–water partition coefficient (Wildman–Crippen LogP) is 4.06. The molecule has 0 aliphatic carbocycles. The number of aromatic hydroxyl groups is 1. The number of amides is 4. The molecule has 1 heterocycles. The van der Waals surface area contributed by atoms with Crippen LogP contribution in [0.25, 0.3) is 6.08 Å². The van der Waals surface area contributed by atoms with E-state index < -0.39 is 17.8 Å². The van der Waals surface area contributed by atoms with Crippen molar-refractivity contribution in [2.75, 3.05) is 20.2 Å². The van der Waals surface area contributed by atoms with E-state index in [4.69, 9.17) is 4.74 Å². The van der Waals surface area contributed by atoms with E-state index in [1.807, 2.05) is 60.7 Å². The van der Waals surface area contributed by atoms with Crippen LogP contribution in [0.5, 0.6) is 11.5 Å². The van der Waals surface area contributed by atoms with E-state index >= 15 is 0 Å². The van der Waals surface area contributed by atoms with Gasteiger partial charge in [0.05, 0.1) is 7.11 Å². The highest BCUT2D eigenvalue weighted by Gasteiger charge is 2.41. The first-order valence-electron chi connectivity index (χ1n) is 11.3. The molecule has 7 heteroatoms. The van der Waals surface area contributed by atoms with Gasteiger partial charge in [0, 0.05) is 24.7 Å². The van der Waals surface area contributed by atoms with Crippen LogP contribution in [0.4, 0.5) is 4.79 Å². The minimum atomic E-state index is -0.651. The Labute approximate surface area is 203 Å². The van der Waals surface area contributed by atoms with Crippen LogP contribution in [0.1, 0.15) is 16.7 Å². The van der Waals surface area contributed by atoms with Crippen molar-refractivity contribution in [3.05, 3.63) is 101 Å². The van der Waals surface area contributed by atoms with Crippen LogP contribution >= 0.6 is 0 Å². The molecule has 0 unspecified atom stereocenters. The van der Waals surface area contributed by atoms with E-state index in [1.54, 1.807) is 6.07 Å². The molecule has 178 valence electrons. The summed E-state index contributed by atoms with van der Waals surface area (Å²) < 4.78 is 5.30. The first kappa shape index (κ1) is 23.8. The maximum atomic E-state index is 13.4. The molecule has 0 spiro atoms. The molecule has 7 nitrogen and oxygen atoms in total. The van der Waals surface area contributed by atoms with Crippen LogP contribution < -0.4 is 4.74 Å². The highest BCUT2D eigenvalue weighted by atomic mass is 16.5. The number of urea groups is 1. The zero-order valence-electron chi connectivity index (χ0n) is 19.4. The van der Waals surface area contributed by atoms with Crippen LogP contribution in [-0.4, -0.2) is 53.0 Å². The molecule has 1 N–H and O–H groups in total. The van der Waals surface area contributed by atoms with Crippen molar-refractivity contribution >= 4 is 23.9 Å². The molecule has 3 aromatic carbocycles. The van der Waals surface area contributed by atoms with Crippen molar-refractivity contribution in [3.63, 3.8) is 0 Å². The monoisotopic (exact) mass is 470 g/mol. The molecule has 1 aliphatic rings. The summed E-state index contributed by atoms with van der Waals surface area (Å²) in [5, 5.41) is 9.76. The molecule has 0 aromatic heterocycles. The summed E-state index contributed by atoms with van der Waals surface area (Å²) in [4.78, 5) is 42.2. The third-order valence-corrected chi connectivity index (χ3v) is 5.86. The Kier molecular flexibility index (Phi) is 7.26. The summed E-state index contributed by atoms with van der Waals surface area (Å²) in [5.41, 5.74) is 2.27. The Morgan fingerprint density at radius 3 is 1.77 bits per heavy atom. The van der Waals surface area contributed by atoms with E-state index in [-0.39, 0.29) is 24.4 Å². The lowest BCUT2D eigenvalue weighted by Gasteiger charge is -2.34. The Hall–Kier alpha value is -4.39. The van der Waals surface area contributed by atoms with E-state index in [0.717, 1.165) is 20.9 Å². The molecule has 1 fully saturated rings.